The van der Waals surface area contributed by atoms with Crippen LogP contribution in [0.2, 0.25) is 0 Å². The number of hydrogen-bond acceptors (Lipinski definition) is 3. The van der Waals surface area contributed by atoms with Crippen molar-refractivity contribution in [2.24, 2.45) is 0 Å². The quantitative estimate of drug-likeness (QED) is 0.555. The molecule has 0 radical (unpaired) electrons. The third-order valence-electron chi connectivity index (χ3n) is 2.90. The highest BCUT2D eigenvalue weighted by Crippen LogP contribution is 2.62. The summed E-state index contributed by atoms with van der Waals surface area (Å²) in [6.07, 6.45) is -21.5. The van der Waals surface area contributed by atoms with Gasteiger partial charge < -0.3 is 5.11 Å². The van der Waals surface area contributed by atoms with Gasteiger partial charge in [0.25, 0.3) is 0 Å². The van der Waals surface area contributed by atoms with Gasteiger partial charge in [0.1, 0.15) is 0 Å². The summed E-state index contributed by atoms with van der Waals surface area (Å²) in [6.45, 7) is 0. The first kappa shape index (κ1) is 22.5. The van der Waals surface area contributed by atoms with Gasteiger partial charge in [0.05, 0.1) is 0 Å². The number of aliphatic carboxylic acids is 1. The fraction of sp³-hybridized carbons (Fsp3) is 0.875. The minimum Gasteiger partial charge on any atom is -0.478 e. The summed E-state index contributed by atoms with van der Waals surface area (Å²) in [5.74, 6) is -4.46. The molecule has 1 fully saturated rings. The van der Waals surface area contributed by atoms with Gasteiger partial charge in [0.15, 0.2) is 0 Å². The molecule has 4 nitrogen and oxygen atoms in total. The van der Waals surface area contributed by atoms with Gasteiger partial charge in [-0.2, -0.15) is 57.1 Å². The minimum atomic E-state index is -7.89. The summed E-state index contributed by atoms with van der Waals surface area (Å²) >= 11 is 0. The van der Waals surface area contributed by atoms with E-state index < -0.39 is 53.1 Å². The number of carboxylic acids is 1. The van der Waals surface area contributed by atoms with Crippen LogP contribution >= 0.6 is 0 Å². The number of morpholine rings is 1. The average molecular weight is 425 g/mol. The van der Waals surface area contributed by atoms with Crippen molar-refractivity contribution in [1.82, 2.24) is 4.90 Å². The zero-order valence-electron chi connectivity index (χ0n) is 11.0. The monoisotopic (exact) mass is 425 g/mol. The Balaban J connectivity index is 3.89. The lowest BCUT2D eigenvalue weighted by molar-refractivity contribution is -0.592. The summed E-state index contributed by atoms with van der Waals surface area (Å²) in [5.41, 5.74) is -7.43. The average Bonchev–Trinajstić information content (AvgIpc) is 2.31. The van der Waals surface area contributed by atoms with Crippen molar-refractivity contribution in [2.75, 3.05) is 0 Å². The van der Waals surface area contributed by atoms with E-state index in [1.54, 1.807) is 4.74 Å². The van der Waals surface area contributed by atoms with Crippen LogP contribution in [-0.2, 0) is 9.53 Å². The molecule has 1 saturated heterocycles. The molecule has 154 valence electrons. The normalized spacial score (nSPS) is 27.6. The SMILES string of the molecule is O=C(O)[C@](F)(C(F)(F)F)C(F)(F)N1C(F)(F)C(F)(F)OC(F)(F)C1(F)F. The standard InChI is InChI=1S/C8HF14NO3/c9-2(1(24)25,3(10,11)12)4(13,14)23-5(15,16)7(19,20)26-8(21,22)6(23,17)18/h(H,24,25)/t2-/m0/s1. The second kappa shape index (κ2) is 5.23. The maximum atomic E-state index is 13.6. The van der Waals surface area contributed by atoms with Crippen LogP contribution in [0.1, 0.15) is 0 Å². The van der Waals surface area contributed by atoms with Crippen molar-refractivity contribution in [3.05, 3.63) is 0 Å². The van der Waals surface area contributed by atoms with Gasteiger partial charge in [0, 0.05) is 0 Å². The molecular weight excluding hydrogens is 424 g/mol. The van der Waals surface area contributed by atoms with Crippen LogP contribution in [0.25, 0.3) is 0 Å². The summed E-state index contributed by atoms with van der Waals surface area (Å²) < 4.78 is 183. The van der Waals surface area contributed by atoms with E-state index in [2.05, 4.69) is 0 Å². The number of halogens is 14. The number of nitrogens with zero attached hydrogens (tertiary/aromatic N) is 1. The molecule has 18 heteroatoms. The molecule has 0 saturated carbocycles. The highest BCUT2D eigenvalue weighted by atomic mass is 19.4. The number of carboxylic acid groups (broad SMARTS) is 1. The van der Waals surface area contributed by atoms with Crippen LogP contribution in [0.15, 0.2) is 0 Å². The Hall–Kier alpha value is -1.59. The highest BCUT2D eigenvalue weighted by Gasteiger charge is 2.93. The lowest BCUT2D eigenvalue weighted by Crippen LogP contribution is -2.82. The predicted molar refractivity (Wildman–Crippen MR) is 45.2 cm³/mol. The fourth-order valence-electron chi connectivity index (χ4n) is 1.65. The molecule has 0 aliphatic carbocycles. The van der Waals surface area contributed by atoms with Crippen LogP contribution in [0.3, 0.4) is 0 Å². The van der Waals surface area contributed by atoms with Gasteiger partial charge >= 0.3 is 48.2 Å². The lowest BCUT2D eigenvalue weighted by Gasteiger charge is -2.51. The van der Waals surface area contributed by atoms with Crippen LogP contribution in [0.5, 0.6) is 0 Å². The Morgan fingerprint density at radius 1 is 0.769 bits per heavy atom. The topological polar surface area (TPSA) is 49.8 Å². The van der Waals surface area contributed by atoms with Crippen molar-refractivity contribution in [1.29, 1.82) is 0 Å². The zero-order chi connectivity index (χ0) is 21.4. The van der Waals surface area contributed by atoms with E-state index in [-0.39, 0.29) is 0 Å². The second-order valence-electron chi connectivity index (χ2n) is 4.56. The molecule has 0 bridgehead atoms. The van der Waals surface area contributed by atoms with E-state index in [0.29, 0.717) is 0 Å². The Bertz CT molecular complexity index is 573. The molecule has 0 aromatic heterocycles. The van der Waals surface area contributed by atoms with E-state index in [1.807, 2.05) is 0 Å². The molecule has 0 unspecified atom stereocenters. The smallest absolute Gasteiger partial charge is 0.441 e. The number of rotatable bonds is 3. The van der Waals surface area contributed by atoms with Crippen LogP contribution in [-0.4, -0.2) is 58.2 Å². The van der Waals surface area contributed by atoms with E-state index >= 15 is 0 Å². The Labute approximate surface area is 130 Å². The van der Waals surface area contributed by atoms with Crippen molar-refractivity contribution in [2.45, 2.75) is 42.2 Å². The second-order valence-corrected chi connectivity index (χ2v) is 4.56. The molecule has 0 aromatic rings. The Morgan fingerprint density at radius 3 is 1.31 bits per heavy atom. The molecule has 0 spiro atoms. The first-order valence-electron chi connectivity index (χ1n) is 5.40. The first-order chi connectivity index (χ1) is 11.0. The van der Waals surface area contributed by atoms with Crippen molar-refractivity contribution in [3.8, 4) is 0 Å². The maximum Gasteiger partial charge on any atom is 0.441 e. The van der Waals surface area contributed by atoms with E-state index in [9.17, 15) is 66.3 Å². The van der Waals surface area contributed by atoms with Gasteiger partial charge in [-0.25, -0.2) is 13.9 Å². The van der Waals surface area contributed by atoms with E-state index in [4.69, 9.17) is 5.11 Å². The largest absolute Gasteiger partial charge is 0.478 e. The molecule has 0 amide bonds. The molecule has 1 rings (SSSR count). The predicted octanol–water partition coefficient (Wildman–Crippen LogP) is 3.64. The molecule has 1 atom stereocenters. The van der Waals surface area contributed by atoms with Gasteiger partial charge in [0.2, 0.25) is 0 Å². The first-order valence-corrected chi connectivity index (χ1v) is 5.40. The number of ether oxygens (including phenoxy) is 1. The molecule has 1 aliphatic rings. The van der Waals surface area contributed by atoms with Gasteiger partial charge in [-0.1, -0.05) is 0 Å². The summed E-state index contributed by atoms with van der Waals surface area (Å²) in [4.78, 5) is 6.04. The molecular formula is C8HF14NO3. The third kappa shape index (κ3) is 2.48. The summed E-state index contributed by atoms with van der Waals surface area (Å²) in [7, 11) is 0. The summed E-state index contributed by atoms with van der Waals surface area (Å²) in [5, 5.41) is 7.94. The van der Waals surface area contributed by atoms with Crippen LogP contribution < -0.4 is 0 Å². The molecule has 0 aromatic carbocycles. The minimum absolute atomic E-state index is 1.68. The Morgan fingerprint density at radius 2 is 1.08 bits per heavy atom. The van der Waals surface area contributed by atoms with Crippen LogP contribution in [0, 0.1) is 0 Å². The Kier molecular flexibility index (Phi) is 4.52. The van der Waals surface area contributed by atoms with Crippen molar-refractivity contribution in [3.63, 3.8) is 0 Å². The fourth-order valence-corrected chi connectivity index (χ4v) is 1.65. The number of alkyl halides is 14. The molecule has 26 heavy (non-hydrogen) atoms. The zero-order valence-corrected chi connectivity index (χ0v) is 11.0. The van der Waals surface area contributed by atoms with Crippen molar-refractivity contribution < 1.29 is 76.1 Å². The lowest BCUT2D eigenvalue weighted by atomic mass is 10.00. The van der Waals surface area contributed by atoms with E-state index in [1.165, 1.54) is 0 Å². The molecule has 1 N–H and O–H groups in total. The summed E-state index contributed by atoms with van der Waals surface area (Å²) in [6, 6.07) is -22.7. The highest BCUT2D eigenvalue weighted by molar-refractivity contribution is 5.80. The third-order valence-corrected chi connectivity index (χ3v) is 2.90. The number of carbonyl (C=O) groups is 1. The van der Waals surface area contributed by atoms with Gasteiger partial charge in [-0.05, 0) is 0 Å². The van der Waals surface area contributed by atoms with E-state index in [0.717, 1.165) is 0 Å². The van der Waals surface area contributed by atoms with Gasteiger partial charge in [-0.15, -0.1) is 4.90 Å². The maximum absolute atomic E-state index is 13.6. The van der Waals surface area contributed by atoms with Gasteiger partial charge in [-0.3, -0.25) is 0 Å². The molecule has 1 heterocycles. The number of hydrogen-bond donors (Lipinski definition) is 1. The van der Waals surface area contributed by atoms with Crippen molar-refractivity contribution >= 4 is 5.97 Å². The van der Waals surface area contributed by atoms with Crippen LogP contribution in [0.4, 0.5) is 61.5 Å². The molecule has 1 aliphatic heterocycles.